The molecule has 1 aliphatic rings. The Bertz CT molecular complexity index is 1920. The molecule has 4 aromatic carbocycles. The van der Waals surface area contributed by atoms with Gasteiger partial charge in [-0.2, -0.15) is 0 Å². The van der Waals surface area contributed by atoms with E-state index in [1.807, 2.05) is 58.9 Å². The fraction of sp³-hybridized carbons (Fsp3) is 0.489. The minimum Gasteiger partial charge on any atom is -0.496 e. The molecule has 16 nitrogen and oxygen atoms in total. The highest BCUT2D eigenvalue weighted by Crippen LogP contribution is 2.49. The van der Waals surface area contributed by atoms with Crippen molar-refractivity contribution in [3.8, 4) is 57.5 Å². The second kappa shape index (κ2) is 27.6. The molecule has 0 aromatic heterocycles. The first-order chi connectivity index (χ1) is 30.5. The number of aliphatic hydroxyl groups is 2. The fourth-order valence-electron chi connectivity index (χ4n) is 6.60. The lowest BCUT2D eigenvalue weighted by Gasteiger charge is -2.24. The third-order valence-electron chi connectivity index (χ3n) is 9.71. The molecule has 1 fully saturated rings. The van der Waals surface area contributed by atoms with E-state index in [4.69, 9.17) is 66.3 Å². The highest BCUT2D eigenvalue weighted by atomic mass is 16.7. The predicted octanol–water partition coefficient (Wildman–Crippen LogP) is 8.63. The summed E-state index contributed by atoms with van der Waals surface area (Å²) in [7, 11) is 15.2. The molecule has 0 aliphatic carbocycles. The van der Waals surface area contributed by atoms with Crippen LogP contribution in [0.2, 0.25) is 0 Å². The fourth-order valence-corrected chi connectivity index (χ4v) is 6.60. The highest BCUT2D eigenvalue weighted by Gasteiger charge is 2.35. The van der Waals surface area contributed by atoms with Gasteiger partial charge in [0.05, 0.1) is 56.9 Å². The third kappa shape index (κ3) is 12.9. The Morgan fingerprint density at radius 2 is 0.937 bits per heavy atom. The summed E-state index contributed by atoms with van der Waals surface area (Å²) in [4.78, 5) is 0. The van der Waals surface area contributed by atoms with Gasteiger partial charge >= 0.3 is 0 Å². The van der Waals surface area contributed by atoms with Crippen molar-refractivity contribution in [2.24, 2.45) is 0 Å². The van der Waals surface area contributed by atoms with Crippen LogP contribution in [0.5, 0.6) is 57.5 Å². The number of benzene rings is 4. The number of rotatable bonds is 19. The van der Waals surface area contributed by atoms with Gasteiger partial charge in [-0.15, -0.1) is 0 Å². The monoisotopic (exact) mass is 888 g/mol. The maximum absolute atomic E-state index is 11.1. The third-order valence-corrected chi connectivity index (χ3v) is 9.71. The zero-order valence-electron chi connectivity index (χ0n) is 39.7. The summed E-state index contributed by atoms with van der Waals surface area (Å²) in [5.41, 5.74) is 4.77. The first-order valence-electron chi connectivity index (χ1n) is 20.3. The molecule has 16 heteroatoms. The zero-order valence-corrected chi connectivity index (χ0v) is 39.7. The maximum atomic E-state index is 11.1. The molecule has 4 atom stereocenters. The molecule has 0 bridgehead atoms. The number of aliphatic hydroxyl groups excluding tert-OH is 2. The van der Waals surface area contributed by atoms with Crippen molar-refractivity contribution in [2.45, 2.75) is 66.0 Å². The van der Waals surface area contributed by atoms with Gasteiger partial charge in [0.25, 0.3) is 0 Å². The lowest BCUT2D eigenvalue weighted by Crippen LogP contribution is -2.15. The van der Waals surface area contributed by atoms with Crippen molar-refractivity contribution < 1.29 is 76.5 Å². The van der Waals surface area contributed by atoms with Gasteiger partial charge in [-0.3, -0.25) is 0 Å². The van der Waals surface area contributed by atoms with Crippen molar-refractivity contribution >= 4 is 0 Å². The Morgan fingerprint density at radius 3 is 1.40 bits per heavy atom. The van der Waals surface area contributed by atoms with Crippen LogP contribution in [0.25, 0.3) is 0 Å². The van der Waals surface area contributed by atoms with Crippen LogP contribution in [0.15, 0.2) is 48.5 Å². The average Bonchev–Trinajstić information content (AvgIpc) is 3.83. The van der Waals surface area contributed by atoms with Gasteiger partial charge in [-0.05, 0) is 84.1 Å². The second-order valence-corrected chi connectivity index (χ2v) is 12.8. The molecule has 0 amide bonds. The topological polar surface area (TPSA) is 170 Å². The number of methoxy groups -OCH3 is 10. The summed E-state index contributed by atoms with van der Waals surface area (Å²) < 4.78 is 76.2. The van der Waals surface area contributed by atoms with Crippen LogP contribution in [0, 0.1) is 13.8 Å². The Labute approximate surface area is 372 Å². The standard InChI is InChI=1S/C22H30O10.C21H26O6.2C2H6/c1-25-11-31-20-14(7-8-15(27-3)22(20)32-12-26-2)19(24)18(23)13-9-16(28-4)21(30-6)17(10-13)29-5;1-12-13(2)16(22-3)8-7-15(12)20-19(26-11-27-20)14-9-17(23-4)21(25-6)18(10-14)24-5;2*1-2/h7-10,18-19,23-24H,11-12H2,1-6H3;7-10,19-20H,11H2,1-6H3;2*1-2H3/t18-,19-;19-,20-;;/m11../s1. The van der Waals surface area contributed by atoms with Crippen LogP contribution in [-0.2, 0) is 18.9 Å². The molecule has 0 spiro atoms. The maximum Gasteiger partial charge on any atom is 0.206 e. The molecule has 63 heavy (non-hydrogen) atoms. The van der Waals surface area contributed by atoms with Gasteiger partial charge in [0, 0.05) is 19.8 Å². The average molecular weight is 889 g/mol. The van der Waals surface area contributed by atoms with Crippen molar-refractivity contribution in [2.75, 3.05) is 91.5 Å². The molecule has 5 rings (SSSR count). The van der Waals surface area contributed by atoms with Crippen molar-refractivity contribution in [1.29, 1.82) is 0 Å². The number of hydrogen-bond acceptors (Lipinski definition) is 16. The molecule has 0 saturated carbocycles. The Hall–Kier alpha value is -5.36. The predicted molar refractivity (Wildman–Crippen MR) is 238 cm³/mol. The molecule has 1 saturated heterocycles. The van der Waals surface area contributed by atoms with Crippen LogP contribution in [0.3, 0.4) is 0 Å². The smallest absolute Gasteiger partial charge is 0.206 e. The Morgan fingerprint density at radius 1 is 0.492 bits per heavy atom. The normalized spacial score (nSPS) is 14.8. The summed E-state index contributed by atoms with van der Waals surface area (Å²) in [6, 6.07) is 14.1. The van der Waals surface area contributed by atoms with E-state index >= 15 is 0 Å². The summed E-state index contributed by atoms with van der Waals surface area (Å²) in [5.74, 6) is 4.31. The molecular formula is C47H68O16. The minimum absolute atomic E-state index is 0.0886. The largest absolute Gasteiger partial charge is 0.496 e. The molecule has 0 unspecified atom stereocenters. The van der Waals surface area contributed by atoms with Gasteiger partial charge in [0.2, 0.25) is 17.2 Å². The van der Waals surface area contributed by atoms with Gasteiger partial charge in [-0.1, -0.05) is 33.8 Å². The van der Waals surface area contributed by atoms with Gasteiger partial charge < -0.3 is 76.5 Å². The number of hydrogen-bond donors (Lipinski definition) is 2. The summed E-state index contributed by atoms with van der Waals surface area (Å²) in [5, 5.41) is 22.1. The highest BCUT2D eigenvalue weighted by molar-refractivity contribution is 5.58. The second-order valence-electron chi connectivity index (χ2n) is 12.8. The van der Waals surface area contributed by atoms with E-state index in [-0.39, 0.29) is 49.6 Å². The van der Waals surface area contributed by atoms with E-state index in [0.717, 1.165) is 28.0 Å². The summed E-state index contributed by atoms with van der Waals surface area (Å²) in [6.07, 6.45) is -3.32. The van der Waals surface area contributed by atoms with Crippen molar-refractivity contribution in [1.82, 2.24) is 0 Å². The molecular weight excluding hydrogens is 821 g/mol. The Balaban J connectivity index is 0.000000406. The molecule has 2 N–H and O–H groups in total. The van der Waals surface area contributed by atoms with Crippen LogP contribution >= 0.6 is 0 Å². The van der Waals surface area contributed by atoms with Crippen LogP contribution in [0.4, 0.5) is 0 Å². The molecule has 0 radical (unpaired) electrons. The van der Waals surface area contributed by atoms with E-state index < -0.39 is 12.2 Å². The molecule has 352 valence electrons. The van der Waals surface area contributed by atoms with E-state index in [0.29, 0.717) is 45.8 Å². The quantitative estimate of drug-likeness (QED) is 0.0857. The van der Waals surface area contributed by atoms with Crippen molar-refractivity contribution in [3.63, 3.8) is 0 Å². The molecule has 1 aliphatic heterocycles. The van der Waals surface area contributed by atoms with E-state index in [9.17, 15) is 10.2 Å². The van der Waals surface area contributed by atoms with E-state index in [2.05, 4.69) is 6.92 Å². The summed E-state index contributed by atoms with van der Waals surface area (Å²) in [6.45, 7) is 12.1. The summed E-state index contributed by atoms with van der Waals surface area (Å²) >= 11 is 0. The zero-order chi connectivity index (χ0) is 47.2. The molecule has 4 aromatic rings. The van der Waals surface area contributed by atoms with Crippen LogP contribution in [0.1, 0.15) is 85.5 Å². The van der Waals surface area contributed by atoms with Crippen LogP contribution < -0.4 is 47.4 Å². The van der Waals surface area contributed by atoms with E-state index in [1.54, 1.807) is 52.7 Å². The molecule has 1 heterocycles. The number of ether oxygens (including phenoxy) is 14. The Kier molecular flexibility index (Phi) is 23.6. The lowest BCUT2D eigenvalue weighted by atomic mass is 9.92. The van der Waals surface area contributed by atoms with Gasteiger partial charge in [0.15, 0.2) is 48.1 Å². The van der Waals surface area contributed by atoms with Gasteiger partial charge in [-0.25, -0.2) is 0 Å². The lowest BCUT2D eigenvalue weighted by molar-refractivity contribution is 0.00627. The van der Waals surface area contributed by atoms with Crippen molar-refractivity contribution in [3.05, 3.63) is 81.9 Å². The minimum atomic E-state index is -1.42. The first-order valence-corrected chi connectivity index (χ1v) is 20.3. The van der Waals surface area contributed by atoms with E-state index in [1.165, 1.54) is 42.7 Å². The van der Waals surface area contributed by atoms with Gasteiger partial charge in [0.1, 0.15) is 37.0 Å². The first kappa shape index (κ1) is 53.8. The SMILES string of the molecule is CC.CC.COCOc1c(OC)ccc([C@@H](O)[C@H](O)c2cc(OC)c(OC)c(OC)c2)c1OCOC.COc1ccc([C@H]2OCO[C@@H]2c2cc(OC)c(OC)c(OC)c2)c(C)c1C. The van der Waals surface area contributed by atoms with Crippen LogP contribution in [-0.4, -0.2) is 102 Å².